The Balaban J connectivity index is 1.40. The molecule has 0 heterocycles. The number of carbonyl (C=O) groups is 2. The molecule has 0 N–H and O–H groups in total. The van der Waals surface area contributed by atoms with E-state index in [2.05, 4.69) is 0 Å². The Morgan fingerprint density at radius 2 is 0.750 bits per heavy atom. The first-order chi connectivity index (χ1) is 21.6. The molecule has 0 atom stereocenters. The third-order valence-corrected chi connectivity index (χ3v) is 6.40. The predicted molar refractivity (Wildman–Crippen MR) is 169 cm³/mol. The zero-order chi connectivity index (χ0) is 31.0. The lowest BCUT2D eigenvalue weighted by atomic mass is 9.97. The van der Waals surface area contributed by atoms with Crippen LogP contribution < -0.4 is 0 Å². The molecule has 44 heavy (non-hydrogen) atoms. The molecule has 214 valence electrons. The number of ether oxygens (including phenoxy) is 2. The molecule has 0 saturated carbocycles. The third kappa shape index (κ3) is 8.63. The highest BCUT2D eigenvalue weighted by Crippen LogP contribution is 2.25. The van der Waals surface area contributed by atoms with Crippen molar-refractivity contribution >= 4 is 23.1 Å². The van der Waals surface area contributed by atoms with Crippen LogP contribution in [0.1, 0.15) is 22.3 Å². The molecule has 4 rings (SSSR count). The van der Waals surface area contributed by atoms with Gasteiger partial charge in [0.2, 0.25) is 0 Å². The van der Waals surface area contributed by atoms with Gasteiger partial charge in [-0.25, -0.2) is 9.59 Å². The highest BCUT2D eigenvalue weighted by atomic mass is 16.6. The maximum Gasteiger partial charge on any atom is 0.349 e. The molecular formula is C38H28N2O4. The van der Waals surface area contributed by atoms with Gasteiger partial charge in [0.05, 0.1) is 0 Å². The minimum atomic E-state index is -0.852. The second kappa shape index (κ2) is 16.3. The standard InChI is InChI=1S/C38H28N2O4/c39-27-33(21-23-35(29-13-5-1-6-14-29)30-15-7-2-8-16-30)37(41)43-25-26-44-38(42)34(28-40)22-24-36(31-17-9-3-10-18-31)32-19-11-4-12-20-32/h1-24H,25-26H2. The number of rotatable bonds is 11. The average Bonchev–Trinajstić information content (AvgIpc) is 3.08. The van der Waals surface area contributed by atoms with Crippen LogP contribution in [0.25, 0.3) is 11.1 Å². The normalized spacial score (nSPS) is 10.9. The van der Waals surface area contributed by atoms with Crippen LogP contribution in [-0.2, 0) is 19.1 Å². The monoisotopic (exact) mass is 576 g/mol. The summed E-state index contributed by atoms with van der Waals surface area (Å²) in [6.07, 6.45) is 6.20. The number of nitrogens with zero attached hydrogens (tertiary/aromatic N) is 2. The van der Waals surface area contributed by atoms with Gasteiger partial charge in [-0.1, -0.05) is 133 Å². The van der Waals surface area contributed by atoms with Crippen molar-refractivity contribution in [2.75, 3.05) is 13.2 Å². The smallest absolute Gasteiger partial charge is 0.349 e. The van der Waals surface area contributed by atoms with E-state index in [1.165, 1.54) is 12.2 Å². The summed E-state index contributed by atoms with van der Waals surface area (Å²) < 4.78 is 10.3. The van der Waals surface area contributed by atoms with Crippen LogP contribution in [-0.4, -0.2) is 25.2 Å². The van der Waals surface area contributed by atoms with Crippen molar-refractivity contribution in [3.63, 3.8) is 0 Å². The van der Waals surface area contributed by atoms with Gasteiger partial charge in [-0.15, -0.1) is 0 Å². The van der Waals surface area contributed by atoms with Crippen LogP contribution in [0.4, 0.5) is 0 Å². The summed E-state index contributed by atoms with van der Waals surface area (Å²) in [5.41, 5.74) is 4.91. The number of hydrogen-bond acceptors (Lipinski definition) is 6. The van der Waals surface area contributed by atoms with Gasteiger partial charge < -0.3 is 9.47 Å². The topological polar surface area (TPSA) is 100 Å². The number of hydrogen-bond donors (Lipinski definition) is 0. The SMILES string of the molecule is N#CC(=CC=C(c1ccccc1)c1ccccc1)C(=O)OCCOC(=O)C(C#N)=CC=C(c1ccccc1)c1ccccc1. The van der Waals surface area contributed by atoms with Crippen LogP contribution in [0.15, 0.2) is 157 Å². The number of allylic oxidation sites excluding steroid dienone is 4. The Labute approximate surface area is 256 Å². The number of nitriles is 2. The minimum Gasteiger partial charge on any atom is -0.458 e. The second-order valence-electron chi connectivity index (χ2n) is 9.28. The number of carbonyl (C=O) groups excluding carboxylic acids is 2. The van der Waals surface area contributed by atoms with Gasteiger partial charge >= 0.3 is 11.9 Å². The van der Waals surface area contributed by atoms with E-state index in [9.17, 15) is 20.1 Å². The van der Waals surface area contributed by atoms with Crippen molar-refractivity contribution in [3.8, 4) is 12.1 Å². The lowest BCUT2D eigenvalue weighted by Crippen LogP contribution is -2.15. The molecular weight excluding hydrogens is 548 g/mol. The van der Waals surface area contributed by atoms with Crippen molar-refractivity contribution in [3.05, 3.63) is 179 Å². The summed E-state index contributed by atoms with van der Waals surface area (Å²) in [5, 5.41) is 19.2. The van der Waals surface area contributed by atoms with E-state index in [1.807, 2.05) is 133 Å². The second-order valence-corrected chi connectivity index (χ2v) is 9.28. The van der Waals surface area contributed by atoms with E-state index in [-0.39, 0.29) is 24.4 Å². The summed E-state index contributed by atoms with van der Waals surface area (Å²) in [4.78, 5) is 25.2. The van der Waals surface area contributed by atoms with Crippen LogP contribution in [0.5, 0.6) is 0 Å². The summed E-state index contributed by atoms with van der Waals surface area (Å²) in [6, 6.07) is 42.1. The zero-order valence-electron chi connectivity index (χ0n) is 23.8. The Morgan fingerprint density at radius 1 is 0.477 bits per heavy atom. The molecule has 0 fully saturated rings. The van der Waals surface area contributed by atoms with Gasteiger partial charge in [0, 0.05) is 0 Å². The molecule has 0 amide bonds. The van der Waals surface area contributed by atoms with E-state index in [0.29, 0.717) is 0 Å². The lowest BCUT2D eigenvalue weighted by Gasteiger charge is -2.08. The highest BCUT2D eigenvalue weighted by molar-refractivity contribution is 5.95. The molecule has 0 radical (unpaired) electrons. The molecule has 4 aromatic carbocycles. The van der Waals surface area contributed by atoms with E-state index >= 15 is 0 Å². The highest BCUT2D eigenvalue weighted by Gasteiger charge is 2.14. The maximum atomic E-state index is 12.6. The maximum absolute atomic E-state index is 12.6. The molecule has 0 spiro atoms. The lowest BCUT2D eigenvalue weighted by molar-refractivity contribution is -0.146. The molecule has 0 aromatic heterocycles. The van der Waals surface area contributed by atoms with Crippen molar-refractivity contribution < 1.29 is 19.1 Å². The fraction of sp³-hybridized carbons (Fsp3) is 0.0526. The van der Waals surface area contributed by atoms with Gasteiger partial charge in [-0.2, -0.15) is 10.5 Å². The number of benzene rings is 4. The molecule has 6 nitrogen and oxygen atoms in total. The Bertz CT molecular complexity index is 1560. The van der Waals surface area contributed by atoms with E-state index in [0.717, 1.165) is 33.4 Å². The van der Waals surface area contributed by atoms with Gasteiger partial charge in [0.1, 0.15) is 36.5 Å². The first kappa shape index (κ1) is 30.7. The quantitative estimate of drug-likeness (QED) is 0.0614. The van der Waals surface area contributed by atoms with Gasteiger partial charge in [-0.05, 0) is 45.6 Å². The molecule has 0 bridgehead atoms. The summed E-state index contributed by atoms with van der Waals surface area (Å²) in [5.74, 6) is -1.70. The van der Waals surface area contributed by atoms with Crippen LogP contribution in [0.2, 0.25) is 0 Å². The van der Waals surface area contributed by atoms with Crippen molar-refractivity contribution in [2.24, 2.45) is 0 Å². The van der Waals surface area contributed by atoms with E-state index in [4.69, 9.17) is 9.47 Å². The molecule has 0 saturated heterocycles. The molecule has 0 unspecified atom stereocenters. The molecule has 4 aromatic rings. The molecule has 0 aliphatic carbocycles. The summed E-state index contributed by atoms with van der Waals surface area (Å²) in [6.45, 7) is -0.573. The first-order valence-electron chi connectivity index (χ1n) is 13.8. The van der Waals surface area contributed by atoms with Gasteiger partial charge in [0.25, 0.3) is 0 Å². The molecule has 0 aliphatic rings. The van der Waals surface area contributed by atoms with Crippen LogP contribution >= 0.6 is 0 Å². The fourth-order valence-corrected chi connectivity index (χ4v) is 4.25. The minimum absolute atomic E-state index is 0.210. The Morgan fingerprint density at radius 3 is 1.00 bits per heavy atom. The predicted octanol–water partition coefficient (Wildman–Crippen LogP) is 7.24. The van der Waals surface area contributed by atoms with Crippen LogP contribution in [0, 0.1) is 22.7 Å². The van der Waals surface area contributed by atoms with Crippen molar-refractivity contribution in [1.82, 2.24) is 0 Å². The molecule has 0 aliphatic heterocycles. The van der Waals surface area contributed by atoms with E-state index < -0.39 is 11.9 Å². The van der Waals surface area contributed by atoms with Gasteiger partial charge in [-0.3, -0.25) is 0 Å². The first-order valence-corrected chi connectivity index (χ1v) is 13.8. The Kier molecular flexibility index (Phi) is 11.4. The summed E-state index contributed by atoms with van der Waals surface area (Å²) >= 11 is 0. The summed E-state index contributed by atoms with van der Waals surface area (Å²) in [7, 11) is 0. The third-order valence-electron chi connectivity index (χ3n) is 6.40. The van der Waals surface area contributed by atoms with E-state index in [1.54, 1.807) is 12.2 Å². The fourth-order valence-electron chi connectivity index (χ4n) is 4.25. The van der Waals surface area contributed by atoms with Crippen molar-refractivity contribution in [1.29, 1.82) is 10.5 Å². The average molecular weight is 577 g/mol. The molecule has 6 heteroatoms. The van der Waals surface area contributed by atoms with Gasteiger partial charge in [0.15, 0.2) is 0 Å². The largest absolute Gasteiger partial charge is 0.458 e. The Hall–Kier alpha value is -6.24. The van der Waals surface area contributed by atoms with Crippen LogP contribution in [0.3, 0.4) is 0 Å². The van der Waals surface area contributed by atoms with Crippen molar-refractivity contribution in [2.45, 2.75) is 0 Å². The zero-order valence-corrected chi connectivity index (χ0v) is 23.8. The number of esters is 2.